The van der Waals surface area contributed by atoms with Crippen LogP contribution in [-0.2, 0) is 14.3 Å². The van der Waals surface area contributed by atoms with Crippen molar-refractivity contribution in [2.75, 3.05) is 0 Å². The largest absolute Gasteiger partial charge is 0.451 e. The number of hydrogen-bond acceptors (Lipinski definition) is 3. The van der Waals surface area contributed by atoms with Crippen LogP contribution in [0.15, 0.2) is 23.3 Å². The van der Waals surface area contributed by atoms with Gasteiger partial charge in [0.1, 0.15) is 11.4 Å². The molecule has 8 atom stereocenters. The Balaban J connectivity index is 1.45. The summed E-state index contributed by atoms with van der Waals surface area (Å²) < 4.78 is 6.19. The van der Waals surface area contributed by atoms with Crippen molar-refractivity contribution < 1.29 is 14.3 Å². The number of rotatable bonds is 2. The van der Waals surface area contributed by atoms with Crippen molar-refractivity contribution in [2.24, 2.45) is 40.9 Å². The fourth-order valence-electron chi connectivity index (χ4n) is 9.04. The van der Waals surface area contributed by atoms with Gasteiger partial charge < -0.3 is 4.74 Å². The Morgan fingerprint density at radius 3 is 2.79 bits per heavy atom. The SMILES string of the molecule is CC[C@@H]1CC2=C(CCC(=O)C2)[C@H]2CC[C@@]3(CC)[C@@H]([C@@H]4C[C@@H]4[C@@]34C=CC(=O)O4)[C@H]12. The summed E-state index contributed by atoms with van der Waals surface area (Å²) in [7, 11) is 0. The van der Waals surface area contributed by atoms with Crippen LogP contribution < -0.4 is 0 Å². The van der Waals surface area contributed by atoms with Crippen molar-refractivity contribution in [3.8, 4) is 0 Å². The predicted molar refractivity (Wildman–Crippen MR) is 106 cm³/mol. The number of esters is 1. The van der Waals surface area contributed by atoms with Crippen LogP contribution >= 0.6 is 0 Å². The maximum atomic E-state index is 12.2. The highest BCUT2D eigenvalue weighted by Crippen LogP contribution is 2.79. The topological polar surface area (TPSA) is 43.4 Å². The van der Waals surface area contributed by atoms with Gasteiger partial charge in [-0.2, -0.15) is 0 Å². The van der Waals surface area contributed by atoms with E-state index in [0.717, 1.165) is 43.9 Å². The lowest BCUT2D eigenvalue weighted by Gasteiger charge is -2.58. The average molecular weight is 381 g/mol. The summed E-state index contributed by atoms with van der Waals surface area (Å²) >= 11 is 0. The molecule has 1 spiro atoms. The first-order valence-corrected chi connectivity index (χ1v) is 11.7. The van der Waals surface area contributed by atoms with Gasteiger partial charge in [-0.05, 0) is 74.2 Å². The smallest absolute Gasteiger partial charge is 0.331 e. The quantitative estimate of drug-likeness (QED) is 0.500. The van der Waals surface area contributed by atoms with Crippen LogP contribution in [0.1, 0.15) is 71.6 Å². The summed E-state index contributed by atoms with van der Waals surface area (Å²) in [4.78, 5) is 24.3. The van der Waals surface area contributed by atoms with Gasteiger partial charge in [0.25, 0.3) is 0 Å². The molecule has 3 saturated carbocycles. The van der Waals surface area contributed by atoms with Crippen molar-refractivity contribution in [2.45, 2.75) is 77.2 Å². The number of carbonyl (C=O) groups excluding carboxylic acids is 2. The molecule has 0 aromatic rings. The lowest BCUT2D eigenvalue weighted by Crippen LogP contribution is -2.56. The summed E-state index contributed by atoms with van der Waals surface area (Å²) in [6, 6.07) is 0. The van der Waals surface area contributed by atoms with Crippen LogP contribution in [0.3, 0.4) is 0 Å². The fourth-order valence-corrected chi connectivity index (χ4v) is 9.04. The molecular weight excluding hydrogens is 348 g/mol. The van der Waals surface area contributed by atoms with Crippen LogP contribution in [0.2, 0.25) is 0 Å². The zero-order chi connectivity index (χ0) is 19.3. The molecule has 0 bridgehead atoms. The van der Waals surface area contributed by atoms with E-state index >= 15 is 0 Å². The lowest BCUT2D eigenvalue weighted by atomic mass is 9.47. The first-order valence-electron chi connectivity index (χ1n) is 11.7. The van der Waals surface area contributed by atoms with Gasteiger partial charge >= 0.3 is 5.97 Å². The highest BCUT2D eigenvalue weighted by molar-refractivity contribution is 5.86. The van der Waals surface area contributed by atoms with E-state index in [0.29, 0.717) is 29.5 Å². The summed E-state index contributed by atoms with van der Waals surface area (Å²) in [5, 5.41) is 0. The number of Topliss-reactive ketones (excluding diaryl/α,β-unsaturated/α-hetero) is 1. The molecule has 3 heteroatoms. The van der Waals surface area contributed by atoms with E-state index in [9.17, 15) is 9.59 Å². The molecule has 0 saturated heterocycles. The Morgan fingerprint density at radius 1 is 1.21 bits per heavy atom. The Bertz CT molecular complexity index is 822. The van der Waals surface area contributed by atoms with Gasteiger partial charge in [0.05, 0.1) is 0 Å². The fraction of sp³-hybridized carbons (Fsp3) is 0.760. The minimum atomic E-state index is -0.311. The van der Waals surface area contributed by atoms with E-state index in [1.165, 1.54) is 31.3 Å². The van der Waals surface area contributed by atoms with Crippen molar-refractivity contribution in [1.82, 2.24) is 0 Å². The highest BCUT2D eigenvalue weighted by Gasteiger charge is 2.79. The summed E-state index contributed by atoms with van der Waals surface area (Å²) in [5.74, 6) is 4.43. The van der Waals surface area contributed by atoms with Gasteiger partial charge in [-0.15, -0.1) is 0 Å². The molecule has 0 aromatic heterocycles. The van der Waals surface area contributed by atoms with Gasteiger partial charge in [0, 0.05) is 30.3 Å². The van der Waals surface area contributed by atoms with Gasteiger partial charge in [0.15, 0.2) is 0 Å². The van der Waals surface area contributed by atoms with E-state index in [1.807, 2.05) is 0 Å². The third-order valence-corrected chi connectivity index (χ3v) is 9.98. The van der Waals surface area contributed by atoms with Crippen LogP contribution in [0, 0.1) is 40.9 Å². The Hall–Kier alpha value is -1.38. The van der Waals surface area contributed by atoms with Gasteiger partial charge in [-0.1, -0.05) is 31.4 Å². The Labute approximate surface area is 168 Å². The molecule has 0 amide bonds. The maximum absolute atomic E-state index is 12.2. The molecule has 5 aliphatic carbocycles. The second-order valence-corrected chi connectivity index (χ2v) is 10.5. The minimum Gasteiger partial charge on any atom is -0.451 e. The predicted octanol–water partition coefficient (Wildman–Crippen LogP) is 5.01. The summed E-state index contributed by atoms with van der Waals surface area (Å²) in [5.41, 5.74) is 3.02. The van der Waals surface area contributed by atoms with Gasteiger partial charge in [0.2, 0.25) is 0 Å². The normalized spacial score (nSPS) is 50.9. The molecule has 6 rings (SSSR count). The third kappa shape index (κ3) is 1.92. The van der Waals surface area contributed by atoms with Crippen LogP contribution in [0.5, 0.6) is 0 Å². The molecule has 1 heterocycles. The van der Waals surface area contributed by atoms with Gasteiger partial charge in [-0.3, -0.25) is 4.79 Å². The van der Waals surface area contributed by atoms with E-state index in [1.54, 1.807) is 11.6 Å². The molecule has 3 fully saturated rings. The summed E-state index contributed by atoms with van der Waals surface area (Å²) in [6.45, 7) is 4.69. The standard InChI is InChI=1S/C25H32O3/c1-3-14-11-15-12-16(26)5-6-17(15)18-7-9-24(4-2)23(22(14)18)19-13-20(19)25(24)10-8-21(27)28-25/h8,10,14,18-20,22-23H,3-7,9,11-13H2,1-2H3/t14-,18-,19-,20+,22-,23+,24+,25+/m1/s1. The number of carbonyl (C=O) groups is 2. The van der Waals surface area contributed by atoms with Crippen molar-refractivity contribution in [3.05, 3.63) is 23.3 Å². The van der Waals surface area contributed by atoms with Crippen molar-refractivity contribution in [1.29, 1.82) is 0 Å². The first-order chi connectivity index (χ1) is 13.5. The minimum absolute atomic E-state index is 0.118. The zero-order valence-corrected chi connectivity index (χ0v) is 17.2. The average Bonchev–Trinajstić information content (AvgIpc) is 3.34. The van der Waals surface area contributed by atoms with E-state index in [4.69, 9.17) is 4.74 Å². The van der Waals surface area contributed by atoms with Crippen LogP contribution in [-0.4, -0.2) is 17.4 Å². The van der Waals surface area contributed by atoms with Crippen molar-refractivity contribution in [3.63, 3.8) is 0 Å². The molecule has 0 aromatic carbocycles. The van der Waals surface area contributed by atoms with E-state index in [2.05, 4.69) is 19.9 Å². The number of hydrogen-bond donors (Lipinski definition) is 0. The summed E-state index contributed by atoms with van der Waals surface area (Å²) in [6.07, 6.45) is 13.5. The van der Waals surface area contributed by atoms with Crippen LogP contribution in [0.4, 0.5) is 0 Å². The zero-order valence-electron chi connectivity index (χ0n) is 17.2. The second-order valence-electron chi connectivity index (χ2n) is 10.5. The molecule has 0 radical (unpaired) electrons. The van der Waals surface area contributed by atoms with E-state index < -0.39 is 0 Å². The lowest BCUT2D eigenvalue weighted by molar-refractivity contribution is -0.171. The maximum Gasteiger partial charge on any atom is 0.331 e. The number of allylic oxidation sites excluding steroid dienone is 2. The number of fused-ring (bicyclic) bond motifs is 8. The Morgan fingerprint density at radius 2 is 2.07 bits per heavy atom. The molecule has 0 unspecified atom stereocenters. The van der Waals surface area contributed by atoms with Crippen LogP contribution in [0.25, 0.3) is 0 Å². The second kappa shape index (κ2) is 5.61. The first kappa shape index (κ1) is 17.5. The highest BCUT2D eigenvalue weighted by atomic mass is 16.6. The molecule has 3 nitrogen and oxygen atoms in total. The molecule has 150 valence electrons. The number of ether oxygens (including phenoxy) is 1. The third-order valence-electron chi connectivity index (χ3n) is 9.98. The van der Waals surface area contributed by atoms with Gasteiger partial charge in [-0.25, -0.2) is 4.79 Å². The monoisotopic (exact) mass is 380 g/mol. The van der Waals surface area contributed by atoms with Crippen molar-refractivity contribution >= 4 is 11.8 Å². The molecule has 1 aliphatic heterocycles. The molecular formula is C25H32O3. The van der Waals surface area contributed by atoms with E-state index in [-0.39, 0.29) is 17.0 Å². The number of ketones is 1. The molecule has 28 heavy (non-hydrogen) atoms. The molecule has 6 aliphatic rings. The molecule has 0 N–H and O–H groups in total. The Kier molecular flexibility index (Phi) is 3.50.